The highest BCUT2D eigenvalue weighted by atomic mass is 16.5. The van der Waals surface area contributed by atoms with Crippen molar-refractivity contribution in [2.75, 3.05) is 40.0 Å². The molecule has 7 nitrogen and oxygen atoms in total. The number of hydrogen-bond donors (Lipinski definition) is 1. The van der Waals surface area contributed by atoms with Crippen molar-refractivity contribution in [3.8, 4) is 0 Å². The fourth-order valence-corrected chi connectivity index (χ4v) is 3.67. The lowest BCUT2D eigenvalue weighted by Gasteiger charge is -2.34. The van der Waals surface area contributed by atoms with E-state index in [-0.39, 0.29) is 12.5 Å². The zero-order chi connectivity index (χ0) is 16.8. The van der Waals surface area contributed by atoms with Crippen LogP contribution in [0.3, 0.4) is 0 Å². The molecule has 0 spiro atoms. The van der Waals surface area contributed by atoms with E-state index in [0.717, 1.165) is 52.1 Å². The van der Waals surface area contributed by atoms with Crippen molar-refractivity contribution in [3.05, 3.63) is 18.0 Å². The number of carbonyl (C=O) groups excluding carboxylic acids is 1. The summed E-state index contributed by atoms with van der Waals surface area (Å²) in [5, 5.41) is 7.41. The molecule has 1 aromatic heterocycles. The molecule has 2 aliphatic heterocycles. The Morgan fingerprint density at radius 1 is 1.42 bits per heavy atom. The molecule has 1 N–H and O–H groups in total. The Bertz CT molecular complexity index is 528. The van der Waals surface area contributed by atoms with Gasteiger partial charge in [-0.05, 0) is 31.2 Å². The molecule has 1 fully saturated rings. The largest absolute Gasteiger partial charge is 0.381 e. The number of aromatic nitrogens is 2. The number of amides is 1. The summed E-state index contributed by atoms with van der Waals surface area (Å²) in [6, 6.07) is 2.71. The maximum Gasteiger partial charge on any atom is 0.245 e. The van der Waals surface area contributed by atoms with Gasteiger partial charge >= 0.3 is 0 Å². The first-order valence-electron chi connectivity index (χ1n) is 8.84. The molecule has 0 unspecified atom stereocenters. The van der Waals surface area contributed by atoms with E-state index in [1.165, 1.54) is 12.8 Å². The number of rotatable bonds is 6. The minimum absolute atomic E-state index is 0.0489. The van der Waals surface area contributed by atoms with Crippen molar-refractivity contribution < 1.29 is 14.3 Å². The van der Waals surface area contributed by atoms with Crippen LogP contribution in [-0.4, -0.2) is 66.6 Å². The van der Waals surface area contributed by atoms with Crippen LogP contribution in [0.1, 0.15) is 25.0 Å². The highest BCUT2D eigenvalue weighted by Gasteiger charge is 2.28. The lowest BCUT2D eigenvalue weighted by atomic mass is 10.0. The van der Waals surface area contributed by atoms with Crippen molar-refractivity contribution >= 4 is 5.91 Å². The number of carbonyl (C=O) groups is 1. The second-order valence-corrected chi connectivity index (χ2v) is 6.72. The van der Waals surface area contributed by atoms with E-state index in [1.807, 2.05) is 6.20 Å². The summed E-state index contributed by atoms with van der Waals surface area (Å²) >= 11 is 0. The van der Waals surface area contributed by atoms with Gasteiger partial charge in [-0.1, -0.05) is 0 Å². The molecule has 1 atom stereocenters. The van der Waals surface area contributed by atoms with Gasteiger partial charge in [0.1, 0.15) is 6.61 Å². The Labute approximate surface area is 143 Å². The van der Waals surface area contributed by atoms with E-state index in [4.69, 9.17) is 9.47 Å². The lowest BCUT2D eigenvalue weighted by Crippen LogP contribution is -2.41. The maximum atomic E-state index is 11.5. The van der Waals surface area contributed by atoms with Crippen molar-refractivity contribution in [1.29, 1.82) is 0 Å². The monoisotopic (exact) mass is 336 g/mol. The second-order valence-electron chi connectivity index (χ2n) is 6.72. The van der Waals surface area contributed by atoms with E-state index < -0.39 is 0 Å². The third-order valence-corrected chi connectivity index (χ3v) is 4.95. The molecule has 0 aromatic carbocycles. The van der Waals surface area contributed by atoms with Gasteiger partial charge in [0.05, 0.1) is 5.69 Å². The van der Waals surface area contributed by atoms with E-state index in [1.54, 1.807) is 0 Å². The summed E-state index contributed by atoms with van der Waals surface area (Å²) in [5.74, 6) is 0.434. The Kier molecular flexibility index (Phi) is 6.23. The molecule has 3 heterocycles. The van der Waals surface area contributed by atoms with Crippen LogP contribution in [0.2, 0.25) is 0 Å². The topological polar surface area (TPSA) is 68.6 Å². The highest BCUT2D eigenvalue weighted by molar-refractivity contribution is 5.77. The predicted octanol–water partition coefficient (Wildman–Crippen LogP) is 0.647. The van der Waals surface area contributed by atoms with Crippen molar-refractivity contribution in [2.45, 2.75) is 38.4 Å². The molecule has 1 amide bonds. The second kappa shape index (κ2) is 8.60. The summed E-state index contributed by atoms with van der Waals surface area (Å²) in [6.07, 6.45) is 5.05. The van der Waals surface area contributed by atoms with Gasteiger partial charge in [0, 0.05) is 58.7 Å². The summed E-state index contributed by atoms with van der Waals surface area (Å²) in [6.45, 7) is 5.46. The normalized spacial score (nSPS) is 22.8. The van der Waals surface area contributed by atoms with Gasteiger partial charge < -0.3 is 14.8 Å². The van der Waals surface area contributed by atoms with E-state index in [9.17, 15) is 4.79 Å². The van der Waals surface area contributed by atoms with Crippen LogP contribution in [0, 0.1) is 5.92 Å². The molecule has 0 radical (unpaired) electrons. The van der Waals surface area contributed by atoms with E-state index >= 15 is 0 Å². The Morgan fingerprint density at radius 3 is 3.04 bits per heavy atom. The number of hydrogen-bond acceptors (Lipinski definition) is 5. The summed E-state index contributed by atoms with van der Waals surface area (Å²) in [7, 11) is 1.54. The molecule has 7 heteroatoms. The van der Waals surface area contributed by atoms with E-state index in [0.29, 0.717) is 18.5 Å². The number of nitrogens with zero attached hydrogens (tertiary/aromatic N) is 3. The number of methoxy groups -OCH3 is 1. The van der Waals surface area contributed by atoms with Gasteiger partial charge in [0.25, 0.3) is 0 Å². The summed E-state index contributed by atoms with van der Waals surface area (Å²) in [5.41, 5.74) is 1.28. The molecule has 0 bridgehead atoms. The molecule has 24 heavy (non-hydrogen) atoms. The van der Waals surface area contributed by atoms with Crippen LogP contribution in [-0.2, 0) is 27.4 Å². The fourth-order valence-electron chi connectivity index (χ4n) is 3.67. The van der Waals surface area contributed by atoms with Crippen LogP contribution < -0.4 is 5.32 Å². The average molecular weight is 336 g/mol. The molecule has 3 rings (SSSR count). The first kappa shape index (κ1) is 17.4. The molecular weight excluding hydrogens is 308 g/mol. The van der Waals surface area contributed by atoms with Crippen molar-refractivity contribution in [1.82, 2.24) is 20.0 Å². The molecule has 1 aromatic rings. The molecule has 0 saturated carbocycles. The number of ether oxygens (including phenoxy) is 2. The molecule has 0 aliphatic carbocycles. The van der Waals surface area contributed by atoms with Gasteiger partial charge in [0.2, 0.25) is 5.91 Å². The van der Waals surface area contributed by atoms with Gasteiger partial charge in [0.15, 0.2) is 0 Å². The molecular formula is C17H28N4O3. The smallest absolute Gasteiger partial charge is 0.245 e. The Morgan fingerprint density at radius 2 is 2.25 bits per heavy atom. The highest BCUT2D eigenvalue weighted by Crippen LogP contribution is 2.23. The van der Waals surface area contributed by atoms with Crippen LogP contribution in [0.5, 0.6) is 0 Å². The minimum Gasteiger partial charge on any atom is -0.381 e. The van der Waals surface area contributed by atoms with Crippen LogP contribution in [0.25, 0.3) is 0 Å². The summed E-state index contributed by atoms with van der Waals surface area (Å²) in [4.78, 5) is 14.1. The third-order valence-electron chi connectivity index (χ3n) is 4.95. The average Bonchev–Trinajstić information content (AvgIpc) is 2.94. The quantitative estimate of drug-likeness (QED) is 0.826. The zero-order valence-corrected chi connectivity index (χ0v) is 14.4. The fraction of sp³-hybridized carbons (Fsp3) is 0.765. The first-order valence-corrected chi connectivity index (χ1v) is 8.84. The van der Waals surface area contributed by atoms with Gasteiger partial charge in [-0.3, -0.25) is 14.4 Å². The van der Waals surface area contributed by atoms with Crippen LogP contribution in [0.15, 0.2) is 12.3 Å². The summed E-state index contributed by atoms with van der Waals surface area (Å²) < 4.78 is 12.5. The molecule has 1 saturated heterocycles. The van der Waals surface area contributed by atoms with Crippen LogP contribution >= 0.6 is 0 Å². The zero-order valence-electron chi connectivity index (χ0n) is 14.4. The third kappa shape index (κ3) is 4.55. The van der Waals surface area contributed by atoms with Crippen molar-refractivity contribution in [2.24, 2.45) is 5.92 Å². The predicted molar refractivity (Wildman–Crippen MR) is 89.5 cm³/mol. The SMILES string of the molecule is COCC(=O)NCC[C@H]1CN(C2CCOCC2)Cc2ccnn2C1. The van der Waals surface area contributed by atoms with Gasteiger partial charge in [-0.15, -0.1) is 0 Å². The Balaban J connectivity index is 1.59. The minimum atomic E-state index is -0.0489. The Hall–Kier alpha value is -1.44. The number of fused-ring (bicyclic) bond motifs is 1. The first-order chi connectivity index (χ1) is 11.8. The van der Waals surface area contributed by atoms with Crippen LogP contribution in [0.4, 0.5) is 0 Å². The van der Waals surface area contributed by atoms with Gasteiger partial charge in [-0.25, -0.2) is 0 Å². The molecule has 134 valence electrons. The lowest BCUT2D eigenvalue weighted by molar-refractivity contribution is -0.124. The maximum absolute atomic E-state index is 11.5. The number of nitrogens with one attached hydrogen (secondary N) is 1. The standard InChI is InChI=1S/C17H28N4O3/c1-23-13-17(22)18-6-2-14-10-20(15-4-8-24-9-5-15)12-16-3-7-19-21(16)11-14/h3,7,14-15H,2,4-6,8-13H2,1H3,(H,18,22)/t14-/m0/s1. The molecule has 2 aliphatic rings. The van der Waals surface area contributed by atoms with Gasteiger partial charge in [-0.2, -0.15) is 5.10 Å². The van der Waals surface area contributed by atoms with Crippen molar-refractivity contribution in [3.63, 3.8) is 0 Å². The van der Waals surface area contributed by atoms with E-state index in [2.05, 4.69) is 26.1 Å².